The van der Waals surface area contributed by atoms with E-state index in [1.165, 1.54) is 6.92 Å². The first-order chi connectivity index (χ1) is 8.47. The van der Waals surface area contributed by atoms with Gasteiger partial charge >= 0.3 is 11.7 Å². The number of carbonyl (C=O) groups is 1. The van der Waals surface area contributed by atoms with Crippen molar-refractivity contribution in [2.24, 2.45) is 0 Å². The van der Waals surface area contributed by atoms with E-state index in [-0.39, 0.29) is 12.0 Å². The molecule has 6 nitrogen and oxygen atoms in total. The van der Waals surface area contributed by atoms with Crippen LogP contribution >= 0.6 is 0 Å². The van der Waals surface area contributed by atoms with E-state index in [1.807, 2.05) is 6.92 Å². The maximum Gasteiger partial charge on any atom is 0.328 e. The molecule has 0 amide bonds. The predicted molar refractivity (Wildman–Crippen MR) is 66.9 cm³/mol. The number of hydrogen-bond donors (Lipinski definition) is 2. The van der Waals surface area contributed by atoms with E-state index in [0.717, 1.165) is 23.8 Å². The zero-order valence-corrected chi connectivity index (χ0v) is 10.7. The highest BCUT2D eigenvalue weighted by atomic mass is 16.4. The van der Waals surface area contributed by atoms with Crippen LogP contribution in [0.1, 0.15) is 37.4 Å². The number of rotatable bonds is 6. The van der Waals surface area contributed by atoms with E-state index in [0.29, 0.717) is 12.2 Å². The fourth-order valence-corrected chi connectivity index (χ4v) is 1.80. The van der Waals surface area contributed by atoms with Gasteiger partial charge in [0.1, 0.15) is 0 Å². The van der Waals surface area contributed by atoms with Gasteiger partial charge in [-0.05, 0) is 13.3 Å². The van der Waals surface area contributed by atoms with Gasteiger partial charge in [-0.15, -0.1) is 0 Å². The van der Waals surface area contributed by atoms with Crippen molar-refractivity contribution < 1.29 is 9.90 Å². The molecule has 1 heterocycles. The predicted octanol–water partition coefficient (Wildman–Crippen LogP) is 0.662. The Hall–Kier alpha value is -1.85. The van der Waals surface area contributed by atoms with Crippen LogP contribution in [0.4, 0.5) is 0 Å². The van der Waals surface area contributed by atoms with Crippen LogP contribution in [0.15, 0.2) is 9.59 Å². The molecule has 1 rings (SSSR count). The number of carboxylic acids is 1. The van der Waals surface area contributed by atoms with Gasteiger partial charge in [-0.3, -0.25) is 14.2 Å². The zero-order chi connectivity index (χ0) is 13.7. The number of aromatic nitrogens is 2. The molecule has 0 bridgehead atoms. The summed E-state index contributed by atoms with van der Waals surface area (Å²) in [6, 6.07) is 0. The Morgan fingerprint density at radius 3 is 2.56 bits per heavy atom. The first kappa shape index (κ1) is 14.2. The van der Waals surface area contributed by atoms with Gasteiger partial charge in [-0.2, -0.15) is 0 Å². The van der Waals surface area contributed by atoms with Gasteiger partial charge < -0.3 is 10.1 Å². The molecule has 0 aliphatic rings. The number of H-pyrrole nitrogens is 1. The van der Waals surface area contributed by atoms with Crippen LogP contribution in [0, 0.1) is 6.92 Å². The second-order valence-corrected chi connectivity index (χ2v) is 4.27. The third kappa shape index (κ3) is 3.32. The Balaban J connectivity index is 3.14. The lowest BCUT2D eigenvalue weighted by Gasteiger charge is -2.08. The molecule has 6 heteroatoms. The molecule has 0 aliphatic carbocycles. The Morgan fingerprint density at radius 2 is 2.00 bits per heavy atom. The first-order valence-corrected chi connectivity index (χ1v) is 6.01. The summed E-state index contributed by atoms with van der Waals surface area (Å²) in [6.45, 7) is 3.89. The normalized spacial score (nSPS) is 10.6. The second-order valence-electron chi connectivity index (χ2n) is 4.27. The molecule has 0 unspecified atom stereocenters. The number of unbranched alkanes of at least 4 members (excludes halogenated alkanes) is 2. The highest BCUT2D eigenvalue weighted by molar-refractivity contribution is 5.70. The minimum atomic E-state index is -1.08. The number of aromatic amines is 1. The number of nitrogens with zero attached hydrogens (tertiary/aromatic N) is 1. The van der Waals surface area contributed by atoms with Crippen LogP contribution in [0.2, 0.25) is 0 Å². The average Bonchev–Trinajstić information content (AvgIpc) is 2.28. The number of aryl methyl sites for hydroxylation is 1. The summed E-state index contributed by atoms with van der Waals surface area (Å²) in [6.07, 6.45) is 2.28. The largest absolute Gasteiger partial charge is 0.481 e. The summed E-state index contributed by atoms with van der Waals surface area (Å²) in [5.74, 6) is -1.08. The quantitative estimate of drug-likeness (QED) is 0.729. The van der Waals surface area contributed by atoms with Crippen molar-refractivity contribution in [3.63, 3.8) is 0 Å². The van der Waals surface area contributed by atoms with Crippen molar-refractivity contribution >= 4 is 5.97 Å². The van der Waals surface area contributed by atoms with Crippen molar-refractivity contribution in [3.05, 3.63) is 32.1 Å². The summed E-state index contributed by atoms with van der Waals surface area (Å²) in [4.78, 5) is 36.9. The second kappa shape index (κ2) is 6.18. The van der Waals surface area contributed by atoms with Crippen molar-refractivity contribution in [1.82, 2.24) is 9.55 Å². The minimum Gasteiger partial charge on any atom is -0.481 e. The maximum absolute atomic E-state index is 12.0. The van der Waals surface area contributed by atoms with Crippen LogP contribution in [0.25, 0.3) is 0 Å². The molecule has 1 aromatic heterocycles. The van der Waals surface area contributed by atoms with E-state index in [1.54, 1.807) is 0 Å². The average molecular weight is 254 g/mol. The van der Waals surface area contributed by atoms with Gasteiger partial charge in [-0.25, -0.2) is 4.79 Å². The van der Waals surface area contributed by atoms with Gasteiger partial charge in [0.2, 0.25) is 0 Å². The van der Waals surface area contributed by atoms with Crippen LogP contribution in [0.3, 0.4) is 0 Å². The highest BCUT2D eigenvalue weighted by Crippen LogP contribution is 1.99. The van der Waals surface area contributed by atoms with E-state index in [9.17, 15) is 14.4 Å². The monoisotopic (exact) mass is 254 g/mol. The summed E-state index contributed by atoms with van der Waals surface area (Å²) >= 11 is 0. The Labute approximate surface area is 104 Å². The van der Waals surface area contributed by atoms with Gasteiger partial charge in [0, 0.05) is 17.8 Å². The number of hydrogen-bond acceptors (Lipinski definition) is 3. The third-order valence-corrected chi connectivity index (χ3v) is 2.81. The van der Waals surface area contributed by atoms with E-state index >= 15 is 0 Å². The lowest BCUT2D eigenvalue weighted by atomic mass is 10.1. The molecule has 2 N–H and O–H groups in total. The molecule has 0 spiro atoms. The topological polar surface area (TPSA) is 92.2 Å². The molecule has 0 aromatic carbocycles. The fraction of sp³-hybridized carbons (Fsp3) is 0.583. The summed E-state index contributed by atoms with van der Waals surface area (Å²) in [5.41, 5.74) is -0.477. The molecule has 0 atom stereocenters. The zero-order valence-electron chi connectivity index (χ0n) is 10.7. The van der Waals surface area contributed by atoms with Crippen LogP contribution in [-0.4, -0.2) is 20.6 Å². The van der Waals surface area contributed by atoms with E-state index in [4.69, 9.17) is 5.11 Å². The van der Waals surface area contributed by atoms with E-state index < -0.39 is 17.2 Å². The SMILES string of the molecule is CCCCCn1c(=O)[nH]c(C)c(CC(=O)O)c1=O. The molecular formula is C12H18N2O4. The molecular weight excluding hydrogens is 236 g/mol. The first-order valence-electron chi connectivity index (χ1n) is 6.01. The lowest BCUT2D eigenvalue weighted by molar-refractivity contribution is -0.136. The van der Waals surface area contributed by atoms with E-state index in [2.05, 4.69) is 4.98 Å². The molecule has 0 fully saturated rings. The Bertz CT molecular complexity index is 542. The molecule has 18 heavy (non-hydrogen) atoms. The summed E-state index contributed by atoms with van der Waals surface area (Å²) in [7, 11) is 0. The van der Waals surface area contributed by atoms with Crippen LogP contribution in [-0.2, 0) is 17.8 Å². The molecule has 1 aromatic rings. The number of carboxylic acid groups (broad SMARTS) is 1. The fourth-order valence-electron chi connectivity index (χ4n) is 1.80. The minimum absolute atomic E-state index is 0.151. The van der Waals surface area contributed by atoms with Gasteiger partial charge in [0.25, 0.3) is 5.56 Å². The van der Waals surface area contributed by atoms with Gasteiger partial charge in [0.05, 0.1) is 6.42 Å². The van der Waals surface area contributed by atoms with Crippen LogP contribution < -0.4 is 11.2 Å². The molecule has 0 radical (unpaired) electrons. The third-order valence-electron chi connectivity index (χ3n) is 2.81. The van der Waals surface area contributed by atoms with Crippen molar-refractivity contribution in [3.8, 4) is 0 Å². The van der Waals surface area contributed by atoms with Crippen molar-refractivity contribution in [1.29, 1.82) is 0 Å². The smallest absolute Gasteiger partial charge is 0.328 e. The summed E-state index contributed by atoms with van der Waals surface area (Å²) < 4.78 is 1.08. The molecule has 0 aliphatic heterocycles. The standard InChI is InChI=1S/C12H18N2O4/c1-3-4-5-6-14-11(17)9(7-10(15)16)8(2)13-12(14)18/h3-7H2,1-2H3,(H,13,18)(H,15,16). The number of nitrogens with one attached hydrogen (secondary N) is 1. The van der Waals surface area contributed by atoms with Crippen molar-refractivity contribution in [2.75, 3.05) is 0 Å². The molecule has 0 saturated carbocycles. The molecule has 0 saturated heterocycles. The lowest BCUT2D eigenvalue weighted by Crippen LogP contribution is -2.38. The van der Waals surface area contributed by atoms with Gasteiger partial charge in [-0.1, -0.05) is 19.8 Å². The Morgan fingerprint density at radius 1 is 1.33 bits per heavy atom. The van der Waals surface area contributed by atoms with Gasteiger partial charge in [0.15, 0.2) is 0 Å². The summed E-state index contributed by atoms with van der Waals surface area (Å²) in [5, 5.41) is 8.75. The van der Waals surface area contributed by atoms with Crippen molar-refractivity contribution in [2.45, 2.75) is 46.1 Å². The Kier molecular flexibility index (Phi) is 4.88. The molecule has 100 valence electrons. The highest BCUT2D eigenvalue weighted by Gasteiger charge is 2.13. The van der Waals surface area contributed by atoms with Crippen LogP contribution in [0.5, 0.6) is 0 Å². The number of aliphatic carboxylic acids is 1. The maximum atomic E-state index is 12.0.